The molecule has 0 N–H and O–H groups in total. The second-order valence-electron chi connectivity index (χ2n) is 6.08. The Morgan fingerprint density at radius 3 is 2.24 bits per heavy atom. The fourth-order valence-corrected chi connectivity index (χ4v) is 3.07. The zero-order valence-corrected chi connectivity index (χ0v) is 14.9. The maximum absolute atomic E-state index is 12.8. The van der Waals surface area contributed by atoms with Gasteiger partial charge < -0.3 is 14.7 Å². The molecule has 0 bridgehead atoms. The van der Waals surface area contributed by atoms with Crippen molar-refractivity contribution in [1.82, 2.24) is 14.9 Å². The van der Waals surface area contributed by atoms with Gasteiger partial charge in [0, 0.05) is 50.8 Å². The van der Waals surface area contributed by atoms with E-state index in [-0.39, 0.29) is 5.91 Å². The molecule has 1 fully saturated rings. The minimum absolute atomic E-state index is 0.0731. The van der Waals surface area contributed by atoms with Crippen molar-refractivity contribution < 1.29 is 4.79 Å². The molecule has 2 heterocycles. The van der Waals surface area contributed by atoms with E-state index in [1.54, 1.807) is 17.3 Å². The van der Waals surface area contributed by atoms with Gasteiger partial charge in [-0.3, -0.25) is 4.79 Å². The van der Waals surface area contributed by atoms with Crippen molar-refractivity contribution in [3.05, 3.63) is 48.3 Å². The van der Waals surface area contributed by atoms with Crippen molar-refractivity contribution in [3.8, 4) is 0 Å². The maximum Gasteiger partial charge on any atom is 0.261 e. The highest BCUT2D eigenvalue weighted by molar-refractivity contribution is 6.05. The van der Waals surface area contributed by atoms with Crippen molar-refractivity contribution in [2.75, 3.05) is 49.1 Å². The van der Waals surface area contributed by atoms with Crippen LogP contribution in [0.4, 0.5) is 11.6 Å². The largest absolute Gasteiger partial charge is 0.338 e. The molecular formula is C19H25N5O. The third-order valence-electron chi connectivity index (χ3n) is 4.62. The fraction of sp³-hybridized carbons (Fsp3) is 0.421. The van der Waals surface area contributed by atoms with E-state index in [0.717, 1.165) is 38.4 Å². The van der Waals surface area contributed by atoms with Gasteiger partial charge in [-0.1, -0.05) is 25.1 Å². The summed E-state index contributed by atoms with van der Waals surface area (Å²) in [7, 11) is 0. The van der Waals surface area contributed by atoms with Gasteiger partial charge in [0.2, 0.25) is 5.95 Å². The predicted molar refractivity (Wildman–Crippen MR) is 100 cm³/mol. The minimum Gasteiger partial charge on any atom is -0.338 e. The minimum atomic E-state index is -0.0731. The Kier molecular flexibility index (Phi) is 5.60. The van der Waals surface area contributed by atoms with Crippen LogP contribution in [0.1, 0.15) is 24.2 Å². The summed E-state index contributed by atoms with van der Waals surface area (Å²) < 4.78 is 0. The molecule has 0 unspecified atom stereocenters. The number of carbonyl (C=O) groups excluding carboxylic acids is 1. The number of rotatable bonds is 5. The van der Waals surface area contributed by atoms with Crippen LogP contribution in [0.3, 0.4) is 0 Å². The summed E-state index contributed by atoms with van der Waals surface area (Å²) in [5.41, 5.74) is 1.40. The molecule has 1 aliphatic heterocycles. The molecule has 25 heavy (non-hydrogen) atoms. The second kappa shape index (κ2) is 8.07. The topological polar surface area (TPSA) is 52.6 Å². The molecule has 0 saturated carbocycles. The number of carbonyl (C=O) groups is 1. The first kappa shape index (κ1) is 17.4. The number of hydrogen-bond acceptors (Lipinski definition) is 5. The number of hydrogen-bond donors (Lipinski definition) is 0. The first-order valence-corrected chi connectivity index (χ1v) is 8.89. The van der Waals surface area contributed by atoms with Gasteiger partial charge in [0.15, 0.2) is 0 Å². The van der Waals surface area contributed by atoms with Crippen LogP contribution in [0.5, 0.6) is 0 Å². The first-order chi connectivity index (χ1) is 12.2. The summed E-state index contributed by atoms with van der Waals surface area (Å²) in [4.78, 5) is 28.0. The van der Waals surface area contributed by atoms with Crippen molar-refractivity contribution in [2.24, 2.45) is 0 Å². The molecule has 1 aromatic carbocycles. The molecule has 2 aromatic rings. The summed E-state index contributed by atoms with van der Waals surface area (Å²) in [6.45, 7) is 9.72. The highest BCUT2D eigenvalue weighted by atomic mass is 16.2. The average molecular weight is 339 g/mol. The lowest BCUT2D eigenvalue weighted by molar-refractivity contribution is 0.0987. The zero-order chi connectivity index (χ0) is 17.6. The van der Waals surface area contributed by atoms with Crippen molar-refractivity contribution in [1.29, 1.82) is 0 Å². The van der Waals surface area contributed by atoms with Gasteiger partial charge in [0.25, 0.3) is 5.91 Å². The van der Waals surface area contributed by atoms with E-state index in [2.05, 4.69) is 26.7 Å². The van der Waals surface area contributed by atoms with E-state index < -0.39 is 0 Å². The third-order valence-corrected chi connectivity index (χ3v) is 4.62. The molecule has 0 spiro atoms. The molecular weight excluding hydrogens is 314 g/mol. The summed E-state index contributed by atoms with van der Waals surface area (Å²) in [5, 5.41) is 0. The monoisotopic (exact) mass is 339 g/mol. The maximum atomic E-state index is 12.8. The average Bonchev–Trinajstić information content (AvgIpc) is 2.69. The molecule has 3 rings (SSSR count). The van der Waals surface area contributed by atoms with E-state index in [1.165, 1.54) is 0 Å². The second-order valence-corrected chi connectivity index (χ2v) is 6.08. The van der Waals surface area contributed by atoms with Crippen LogP contribution in [0.25, 0.3) is 0 Å². The molecule has 6 heteroatoms. The molecule has 1 aliphatic rings. The Morgan fingerprint density at radius 1 is 1.04 bits per heavy atom. The SMILES string of the molecule is CCN1CCN(c2ncc(C(=O)N(CC)c3ccccc3)cn2)CC1. The lowest BCUT2D eigenvalue weighted by Crippen LogP contribution is -2.46. The summed E-state index contributed by atoms with van der Waals surface area (Å²) in [6.07, 6.45) is 3.28. The molecule has 0 atom stereocenters. The number of amides is 1. The number of nitrogens with zero attached hydrogens (tertiary/aromatic N) is 5. The standard InChI is InChI=1S/C19H25N5O/c1-3-22-10-12-23(13-11-22)19-20-14-16(15-21-19)18(25)24(4-2)17-8-6-5-7-9-17/h5-9,14-15H,3-4,10-13H2,1-2H3. The molecule has 1 saturated heterocycles. The van der Waals surface area contributed by atoms with Gasteiger partial charge in [-0.25, -0.2) is 9.97 Å². The molecule has 1 aromatic heterocycles. The van der Waals surface area contributed by atoms with E-state index in [0.29, 0.717) is 18.1 Å². The molecule has 6 nitrogen and oxygen atoms in total. The molecule has 0 radical (unpaired) electrons. The van der Waals surface area contributed by atoms with Crippen LogP contribution in [0, 0.1) is 0 Å². The van der Waals surface area contributed by atoms with Crippen LogP contribution in [-0.2, 0) is 0 Å². The van der Waals surface area contributed by atoms with Crippen molar-refractivity contribution in [2.45, 2.75) is 13.8 Å². The Bertz CT molecular complexity index is 681. The number of likely N-dealkylation sites (N-methyl/N-ethyl adjacent to an activating group) is 1. The van der Waals surface area contributed by atoms with Crippen LogP contribution in [0.15, 0.2) is 42.7 Å². The first-order valence-electron chi connectivity index (χ1n) is 8.89. The van der Waals surface area contributed by atoms with Crippen LogP contribution >= 0.6 is 0 Å². The zero-order valence-electron chi connectivity index (χ0n) is 14.9. The van der Waals surface area contributed by atoms with E-state index in [4.69, 9.17) is 0 Å². The normalized spacial score (nSPS) is 15.2. The molecule has 1 amide bonds. The van der Waals surface area contributed by atoms with Gasteiger partial charge in [0.1, 0.15) is 0 Å². The number of benzene rings is 1. The highest BCUT2D eigenvalue weighted by Crippen LogP contribution is 2.17. The summed E-state index contributed by atoms with van der Waals surface area (Å²) in [6, 6.07) is 9.67. The van der Waals surface area contributed by atoms with Gasteiger partial charge >= 0.3 is 0 Å². The van der Waals surface area contributed by atoms with Gasteiger partial charge in [-0.05, 0) is 25.6 Å². The lowest BCUT2D eigenvalue weighted by Gasteiger charge is -2.34. The Hall–Kier alpha value is -2.47. The van der Waals surface area contributed by atoms with Gasteiger partial charge in [0.05, 0.1) is 5.56 Å². The van der Waals surface area contributed by atoms with Gasteiger partial charge in [-0.15, -0.1) is 0 Å². The smallest absolute Gasteiger partial charge is 0.261 e. The van der Waals surface area contributed by atoms with Gasteiger partial charge in [-0.2, -0.15) is 0 Å². The quantitative estimate of drug-likeness (QED) is 0.836. The highest BCUT2D eigenvalue weighted by Gasteiger charge is 2.20. The van der Waals surface area contributed by atoms with E-state index in [9.17, 15) is 4.79 Å². The predicted octanol–water partition coefficient (Wildman–Crippen LogP) is 2.29. The van der Waals surface area contributed by atoms with E-state index in [1.807, 2.05) is 37.3 Å². The number of piperazine rings is 1. The lowest BCUT2D eigenvalue weighted by atomic mass is 10.2. The Labute approximate surface area is 149 Å². The van der Waals surface area contributed by atoms with E-state index >= 15 is 0 Å². The van der Waals surface area contributed by atoms with Crippen LogP contribution in [0.2, 0.25) is 0 Å². The Morgan fingerprint density at radius 2 is 1.68 bits per heavy atom. The molecule has 0 aliphatic carbocycles. The van der Waals surface area contributed by atoms with Crippen LogP contribution in [-0.4, -0.2) is 60.0 Å². The third kappa shape index (κ3) is 3.96. The number of anilines is 2. The van der Waals surface area contributed by atoms with Crippen LogP contribution < -0.4 is 9.80 Å². The Balaban J connectivity index is 1.70. The number of para-hydroxylation sites is 1. The molecule has 132 valence electrons. The summed E-state index contributed by atoms with van der Waals surface area (Å²) in [5.74, 6) is 0.631. The summed E-state index contributed by atoms with van der Waals surface area (Å²) >= 11 is 0. The fourth-order valence-electron chi connectivity index (χ4n) is 3.07. The van der Waals surface area contributed by atoms with Crippen molar-refractivity contribution in [3.63, 3.8) is 0 Å². The van der Waals surface area contributed by atoms with Crippen molar-refractivity contribution >= 4 is 17.5 Å². The number of aromatic nitrogens is 2.